The number of hydrogen-bond acceptors (Lipinski definition) is 5. The molecule has 1 aromatic carbocycles. The molecule has 0 spiro atoms. The van der Waals surface area contributed by atoms with E-state index in [0.29, 0.717) is 18.9 Å². The average Bonchev–Trinajstić information content (AvgIpc) is 3.21. The molecule has 152 valence electrons. The molecule has 0 bridgehead atoms. The van der Waals surface area contributed by atoms with Crippen molar-refractivity contribution in [3.63, 3.8) is 0 Å². The topological polar surface area (TPSA) is 75.2 Å². The highest BCUT2D eigenvalue weighted by Crippen LogP contribution is 2.27. The molecule has 8 heteroatoms. The van der Waals surface area contributed by atoms with Crippen LogP contribution in [-0.2, 0) is 9.53 Å². The number of benzene rings is 1. The van der Waals surface area contributed by atoms with E-state index in [9.17, 15) is 4.79 Å². The Hall–Kier alpha value is -1.55. The second-order valence-electron chi connectivity index (χ2n) is 6.24. The van der Waals surface area contributed by atoms with E-state index in [1.165, 1.54) is 25.5 Å². The molecular weight excluding hydrogens is 459 g/mol. The van der Waals surface area contributed by atoms with Crippen LogP contribution in [0.25, 0.3) is 0 Å². The number of ether oxygens (including phenoxy) is 2. The molecule has 1 aliphatic rings. The van der Waals surface area contributed by atoms with E-state index in [4.69, 9.17) is 4.74 Å². The van der Waals surface area contributed by atoms with Gasteiger partial charge in [0.1, 0.15) is 5.75 Å². The molecule has 2 N–H and O–H groups in total. The van der Waals surface area contributed by atoms with Crippen LogP contribution in [0.2, 0.25) is 0 Å². The maximum Gasteiger partial charge on any atom is 0.307 e. The molecule has 27 heavy (non-hydrogen) atoms. The molecule has 0 saturated carbocycles. The summed E-state index contributed by atoms with van der Waals surface area (Å²) in [7, 11) is 4.81. The highest BCUT2D eigenvalue weighted by molar-refractivity contribution is 14.0. The van der Waals surface area contributed by atoms with E-state index in [2.05, 4.69) is 37.4 Å². The second kappa shape index (κ2) is 12.8. The number of rotatable bonds is 8. The third-order valence-corrected chi connectivity index (χ3v) is 4.60. The van der Waals surface area contributed by atoms with Crippen molar-refractivity contribution in [2.45, 2.75) is 25.3 Å². The van der Waals surface area contributed by atoms with Gasteiger partial charge in [0.05, 0.1) is 26.7 Å². The summed E-state index contributed by atoms with van der Waals surface area (Å²) >= 11 is 0. The van der Waals surface area contributed by atoms with E-state index in [1.807, 2.05) is 12.1 Å². The minimum atomic E-state index is -0.237. The molecule has 7 nitrogen and oxygen atoms in total. The van der Waals surface area contributed by atoms with Crippen molar-refractivity contribution in [1.82, 2.24) is 15.5 Å². The van der Waals surface area contributed by atoms with Crippen LogP contribution in [0.15, 0.2) is 29.3 Å². The summed E-state index contributed by atoms with van der Waals surface area (Å²) in [6.07, 6.45) is 2.77. The molecule has 1 unspecified atom stereocenters. The van der Waals surface area contributed by atoms with Gasteiger partial charge in [-0.3, -0.25) is 14.7 Å². The summed E-state index contributed by atoms with van der Waals surface area (Å²) in [6, 6.07) is 8.47. The lowest BCUT2D eigenvalue weighted by molar-refractivity contribution is -0.140. The maximum absolute atomic E-state index is 11.2. The number of carbonyl (C=O) groups excluding carboxylic acids is 1. The molecule has 0 aromatic heterocycles. The van der Waals surface area contributed by atoms with Gasteiger partial charge in [-0.15, -0.1) is 24.0 Å². The number of hydrogen-bond donors (Lipinski definition) is 2. The fourth-order valence-corrected chi connectivity index (χ4v) is 3.16. The van der Waals surface area contributed by atoms with Crippen molar-refractivity contribution in [3.8, 4) is 5.75 Å². The molecule has 2 rings (SSSR count). The third kappa shape index (κ3) is 7.53. The van der Waals surface area contributed by atoms with Gasteiger partial charge >= 0.3 is 5.97 Å². The van der Waals surface area contributed by atoms with Crippen molar-refractivity contribution < 1.29 is 14.3 Å². The Kier molecular flexibility index (Phi) is 11.1. The number of carbonyl (C=O) groups is 1. The Morgan fingerprint density at radius 1 is 1.26 bits per heavy atom. The van der Waals surface area contributed by atoms with Gasteiger partial charge < -0.3 is 20.1 Å². The van der Waals surface area contributed by atoms with Gasteiger partial charge in [0.25, 0.3) is 0 Å². The number of methoxy groups -OCH3 is 2. The molecule has 0 aliphatic carbocycles. The Morgan fingerprint density at radius 2 is 2.00 bits per heavy atom. The largest absolute Gasteiger partial charge is 0.497 e. The minimum absolute atomic E-state index is 0. The zero-order valence-electron chi connectivity index (χ0n) is 16.4. The van der Waals surface area contributed by atoms with Crippen LogP contribution in [0.4, 0.5) is 0 Å². The lowest BCUT2D eigenvalue weighted by Gasteiger charge is -2.29. The average molecular weight is 490 g/mol. The number of guanidine groups is 1. The van der Waals surface area contributed by atoms with Gasteiger partial charge in [-0.2, -0.15) is 0 Å². The van der Waals surface area contributed by atoms with Gasteiger partial charge in [-0.25, -0.2) is 0 Å². The first-order valence-electron chi connectivity index (χ1n) is 9.07. The summed E-state index contributed by atoms with van der Waals surface area (Å²) in [5.41, 5.74) is 1.23. The van der Waals surface area contributed by atoms with E-state index >= 15 is 0 Å². The molecule has 1 atom stereocenters. The van der Waals surface area contributed by atoms with Crippen LogP contribution < -0.4 is 15.4 Å². The van der Waals surface area contributed by atoms with Crippen LogP contribution in [0.3, 0.4) is 0 Å². The van der Waals surface area contributed by atoms with Crippen LogP contribution in [-0.4, -0.2) is 64.3 Å². The van der Waals surface area contributed by atoms with E-state index in [1.54, 1.807) is 14.2 Å². The molecule has 1 aromatic rings. The number of nitrogens with zero attached hydrogens (tertiary/aromatic N) is 2. The molecule has 1 saturated heterocycles. The normalized spacial score (nSPS) is 15.6. The third-order valence-electron chi connectivity index (χ3n) is 4.60. The predicted molar refractivity (Wildman–Crippen MR) is 118 cm³/mol. The first-order valence-corrected chi connectivity index (χ1v) is 9.07. The lowest BCUT2D eigenvalue weighted by atomic mass is 10.1. The number of aliphatic imine (C=N–C) groups is 1. The van der Waals surface area contributed by atoms with Crippen molar-refractivity contribution in [1.29, 1.82) is 0 Å². The van der Waals surface area contributed by atoms with Gasteiger partial charge in [0.2, 0.25) is 0 Å². The van der Waals surface area contributed by atoms with Crippen molar-refractivity contribution in [3.05, 3.63) is 29.8 Å². The highest BCUT2D eigenvalue weighted by Gasteiger charge is 2.24. The fraction of sp³-hybridized carbons (Fsp3) is 0.579. The van der Waals surface area contributed by atoms with E-state index in [-0.39, 0.29) is 36.0 Å². The number of likely N-dealkylation sites (tertiary alicyclic amines) is 1. The van der Waals surface area contributed by atoms with Crippen LogP contribution in [0.5, 0.6) is 5.75 Å². The molecule has 0 radical (unpaired) electrons. The number of esters is 1. The van der Waals surface area contributed by atoms with Gasteiger partial charge in [0.15, 0.2) is 5.96 Å². The van der Waals surface area contributed by atoms with Crippen LogP contribution in [0, 0.1) is 0 Å². The highest BCUT2D eigenvalue weighted by atomic mass is 127. The fourth-order valence-electron chi connectivity index (χ4n) is 3.16. The zero-order valence-corrected chi connectivity index (χ0v) is 18.7. The van der Waals surface area contributed by atoms with Crippen molar-refractivity contribution in [2.24, 2.45) is 4.99 Å². The Bertz CT molecular complexity index is 606. The molecule has 1 heterocycles. The van der Waals surface area contributed by atoms with E-state index in [0.717, 1.165) is 25.4 Å². The SMILES string of the molecule is CN=C(NCCC(=O)OC)NCC(c1cccc(OC)c1)N1CCCC1.I. The summed E-state index contributed by atoms with van der Waals surface area (Å²) in [4.78, 5) is 18.0. The molecular formula is C19H31IN4O3. The number of halogens is 1. The van der Waals surface area contributed by atoms with Crippen LogP contribution >= 0.6 is 24.0 Å². The van der Waals surface area contributed by atoms with E-state index < -0.39 is 0 Å². The standard InChI is InChI=1S/C19H30N4O3.HI/c1-20-19(21-10-9-18(24)26-3)22-14-17(23-11-4-5-12-23)15-7-6-8-16(13-15)25-2;/h6-8,13,17H,4-5,9-12,14H2,1-3H3,(H2,20,21,22);1H. The Labute approximate surface area is 178 Å². The summed E-state index contributed by atoms with van der Waals surface area (Å²) in [5.74, 6) is 1.31. The summed E-state index contributed by atoms with van der Waals surface area (Å²) in [5, 5.41) is 6.53. The van der Waals surface area contributed by atoms with Gasteiger partial charge in [0, 0.05) is 20.1 Å². The number of nitrogens with one attached hydrogen (secondary N) is 2. The molecule has 1 fully saturated rings. The second-order valence-corrected chi connectivity index (χ2v) is 6.24. The lowest BCUT2D eigenvalue weighted by Crippen LogP contribution is -2.43. The minimum Gasteiger partial charge on any atom is -0.497 e. The van der Waals surface area contributed by atoms with Gasteiger partial charge in [-0.1, -0.05) is 12.1 Å². The molecule has 0 amide bonds. The van der Waals surface area contributed by atoms with Crippen molar-refractivity contribution in [2.75, 3.05) is 47.4 Å². The zero-order chi connectivity index (χ0) is 18.8. The maximum atomic E-state index is 11.2. The smallest absolute Gasteiger partial charge is 0.307 e. The van der Waals surface area contributed by atoms with Crippen LogP contribution in [0.1, 0.15) is 30.9 Å². The first-order chi connectivity index (χ1) is 12.7. The summed E-state index contributed by atoms with van der Waals surface area (Å²) < 4.78 is 10.0. The summed E-state index contributed by atoms with van der Waals surface area (Å²) in [6.45, 7) is 3.40. The Balaban J connectivity index is 0.00000364. The predicted octanol–water partition coefficient (Wildman–Crippen LogP) is 2.18. The molecule has 1 aliphatic heterocycles. The quantitative estimate of drug-likeness (QED) is 0.252. The van der Waals surface area contributed by atoms with Crippen molar-refractivity contribution >= 4 is 35.9 Å². The first kappa shape index (κ1) is 23.5. The van der Waals surface area contributed by atoms with Gasteiger partial charge in [-0.05, 0) is 43.6 Å². The Morgan fingerprint density at radius 3 is 2.63 bits per heavy atom. The monoisotopic (exact) mass is 490 g/mol.